The van der Waals surface area contributed by atoms with E-state index in [1.807, 2.05) is 0 Å². The molecule has 2 aliphatic rings. The van der Waals surface area contributed by atoms with Gasteiger partial charge in [0, 0.05) is 18.3 Å². The number of rotatable bonds is 7. The maximum atomic E-state index is 14.2. The number of amides is 2. The van der Waals surface area contributed by atoms with Gasteiger partial charge in [-0.05, 0) is 74.2 Å². The number of nitrogens with one attached hydrogen (secondary N) is 3. The molecule has 35 heavy (non-hydrogen) atoms. The standard InChI is InChI=1S/C23H23F4N5O2S/c24-19-13(2-1-3-17(19)23(25,26)27)8-10-28-14-4-6-15(7-5-14)30-21-29-11-9-16(31-21)12-18-20(33)32-22(34)35-18/h1-3,9,11-12,14-15,28H,4-8,10H2,(H,29,30,31)(H,32,33,34). The van der Waals surface area contributed by atoms with Crippen molar-refractivity contribution in [2.45, 2.75) is 50.4 Å². The summed E-state index contributed by atoms with van der Waals surface area (Å²) in [7, 11) is 0. The molecule has 2 heterocycles. The third-order valence-electron chi connectivity index (χ3n) is 5.87. The van der Waals surface area contributed by atoms with Crippen LogP contribution in [0, 0.1) is 5.82 Å². The van der Waals surface area contributed by atoms with E-state index >= 15 is 0 Å². The van der Waals surface area contributed by atoms with Gasteiger partial charge in [0.05, 0.1) is 16.2 Å². The number of alkyl halides is 3. The summed E-state index contributed by atoms with van der Waals surface area (Å²) < 4.78 is 52.8. The van der Waals surface area contributed by atoms with E-state index in [4.69, 9.17) is 0 Å². The Morgan fingerprint density at radius 1 is 1.11 bits per heavy atom. The smallest absolute Gasteiger partial charge is 0.351 e. The lowest BCUT2D eigenvalue weighted by molar-refractivity contribution is -0.140. The molecule has 0 radical (unpaired) electrons. The first-order valence-corrected chi connectivity index (χ1v) is 11.9. The molecule has 0 unspecified atom stereocenters. The summed E-state index contributed by atoms with van der Waals surface area (Å²) in [6.07, 6.45) is 1.91. The van der Waals surface area contributed by atoms with Gasteiger partial charge in [0.2, 0.25) is 5.95 Å². The Bertz CT molecular complexity index is 1130. The average Bonchev–Trinajstić information content (AvgIpc) is 3.12. The second-order valence-electron chi connectivity index (χ2n) is 8.33. The number of hydrogen-bond acceptors (Lipinski definition) is 7. The molecule has 0 spiro atoms. The molecule has 1 aliphatic carbocycles. The number of aromatic nitrogens is 2. The Hall–Kier alpha value is -2.99. The van der Waals surface area contributed by atoms with Gasteiger partial charge in [0.15, 0.2) is 0 Å². The molecule has 0 bridgehead atoms. The lowest BCUT2D eigenvalue weighted by atomic mass is 9.91. The Morgan fingerprint density at radius 3 is 2.54 bits per heavy atom. The van der Waals surface area contributed by atoms with E-state index in [-0.39, 0.29) is 29.0 Å². The van der Waals surface area contributed by atoms with Gasteiger partial charge in [-0.2, -0.15) is 13.2 Å². The second-order valence-corrected chi connectivity index (χ2v) is 9.35. The lowest BCUT2D eigenvalue weighted by Crippen LogP contribution is -2.38. The van der Waals surface area contributed by atoms with Crippen LogP contribution in [0.4, 0.5) is 28.3 Å². The van der Waals surface area contributed by atoms with Crippen LogP contribution in [0.3, 0.4) is 0 Å². The van der Waals surface area contributed by atoms with Gasteiger partial charge in [-0.1, -0.05) is 12.1 Å². The van der Waals surface area contributed by atoms with Crippen molar-refractivity contribution in [3.63, 3.8) is 0 Å². The highest BCUT2D eigenvalue weighted by molar-refractivity contribution is 8.18. The molecule has 12 heteroatoms. The van der Waals surface area contributed by atoms with Crippen LogP contribution in [-0.4, -0.2) is 39.7 Å². The summed E-state index contributed by atoms with van der Waals surface area (Å²) >= 11 is 0.821. The molecule has 186 valence electrons. The predicted molar refractivity (Wildman–Crippen MR) is 124 cm³/mol. The summed E-state index contributed by atoms with van der Waals surface area (Å²) in [5.41, 5.74) is -0.678. The van der Waals surface area contributed by atoms with E-state index in [0.717, 1.165) is 43.5 Å². The fourth-order valence-electron chi connectivity index (χ4n) is 4.11. The van der Waals surface area contributed by atoms with Crippen LogP contribution < -0.4 is 16.0 Å². The SMILES string of the molecule is O=C1NC(=O)C(=Cc2ccnc(NC3CCC(NCCc4cccc(C(F)(F)F)c4F)CC3)n2)S1. The first-order chi connectivity index (χ1) is 16.7. The molecule has 1 aromatic heterocycles. The van der Waals surface area contributed by atoms with Gasteiger partial charge in [-0.15, -0.1) is 0 Å². The zero-order valence-electron chi connectivity index (χ0n) is 18.5. The highest BCUT2D eigenvalue weighted by Gasteiger charge is 2.34. The van der Waals surface area contributed by atoms with E-state index in [1.165, 1.54) is 18.2 Å². The van der Waals surface area contributed by atoms with Crippen LogP contribution in [0.15, 0.2) is 35.4 Å². The van der Waals surface area contributed by atoms with Crippen LogP contribution >= 0.6 is 11.8 Å². The minimum absolute atomic E-state index is 0.0486. The Balaban J connectivity index is 1.24. The van der Waals surface area contributed by atoms with E-state index in [2.05, 4.69) is 25.9 Å². The zero-order valence-corrected chi connectivity index (χ0v) is 19.3. The quantitative estimate of drug-likeness (QED) is 0.373. The van der Waals surface area contributed by atoms with Crippen molar-refractivity contribution in [3.8, 4) is 0 Å². The van der Waals surface area contributed by atoms with E-state index in [9.17, 15) is 27.2 Å². The minimum Gasteiger partial charge on any atom is -0.351 e. The average molecular weight is 510 g/mol. The van der Waals surface area contributed by atoms with Crippen LogP contribution in [0.5, 0.6) is 0 Å². The largest absolute Gasteiger partial charge is 0.419 e. The molecule has 1 aromatic carbocycles. The van der Waals surface area contributed by atoms with E-state index < -0.39 is 28.7 Å². The van der Waals surface area contributed by atoms with Crippen molar-refractivity contribution < 1.29 is 27.2 Å². The number of carbonyl (C=O) groups is 2. The van der Waals surface area contributed by atoms with Crippen LogP contribution in [0.25, 0.3) is 6.08 Å². The molecule has 4 rings (SSSR count). The zero-order chi connectivity index (χ0) is 25.0. The second kappa shape index (κ2) is 10.7. The molecule has 0 atom stereocenters. The van der Waals surface area contributed by atoms with Crippen molar-refractivity contribution in [2.75, 3.05) is 11.9 Å². The Kier molecular flexibility index (Phi) is 7.70. The lowest BCUT2D eigenvalue weighted by Gasteiger charge is -2.30. The molecule has 2 fully saturated rings. The number of hydrogen-bond donors (Lipinski definition) is 3. The van der Waals surface area contributed by atoms with Gasteiger partial charge in [0.25, 0.3) is 11.1 Å². The van der Waals surface area contributed by atoms with Crippen molar-refractivity contribution in [1.29, 1.82) is 0 Å². The van der Waals surface area contributed by atoms with Gasteiger partial charge < -0.3 is 10.6 Å². The highest BCUT2D eigenvalue weighted by Crippen LogP contribution is 2.32. The molecule has 1 saturated heterocycles. The topological polar surface area (TPSA) is 96.0 Å². The summed E-state index contributed by atoms with van der Waals surface area (Å²) in [6, 6.07) is 5.33. The third kappa shape index (κ3) is 6.57. The third-order valence-corrected chi connectivity index (χ3v) is 6.68. The van der Waals surface area contributed by atoms with Crippen molar-refractivity contribution in [2.24, 2.45) is 0 Å². The normalized spacial score (nSPS) is 21.9. The summed E-state index contributed by atoms with van der Waals surface area (Å²) in [6.45, 7) is 0.384. The summed E-state index contributed by atoms with van der Waals surface area (Å²) in [5, 5.41) is 8.38. The Morgan fingerprint density at radius 2 is 1.86 bits per heavy atom. The molecular weight excluding hydrogens is 486 g/mol. The first kappa shape index (κ1) is 25.1. The van der Waals surface area contributed by atoms with Gasteiger partial charge in [-0.25, -0.2) is 14.4 Å². The van der Waals surface area contributed by atoms with Gasteiger partial charge >= 0.3 is 6.18 Å². The van der Waals surface area contributed by atoms with Crippen LogP contribution in [0.1, 0.15) is 42.5 Å². The first-order valence-electron chi connectivity index (χ1n) is 11.1. The monoisotopic (exact) mass is 509 g/mol. The number of anilines is 1. The maximum absolute atomic E-state index is 14.2. The molecule has 1 aliphatic heterocycles. The summed E-state index contributed by atoms with van der Waals surface area (Å²) in [5.74, 6) is -1.23. The fraction of sp³-hybridized carbons (Fsp3) is 0.391. The number of halogens is 4. The molecule has 2 amide bonds. The Labute approximate surface area is 203 Å². The maximum Gasteiger partial charge on any atom is 0.419 e. The number of imide groups is 1. The highest BCUT2D eigenvalue weighted by atomic mass is 32.2. The molecule has 2 aromatic rings. The van der Waals surface area contributed by atoms with Crippen molar-refractivity contribution in [1.82, 2.24) is 20.6 Å². The van der Waals surface area contributed by atoms with Gasteiger partial charge in [0.1, 0.15) is 5.82 Å². The van der Waals surface area contributed by atoms with E-state index in [1.54, 1.807) is 12.3 Å². The minimum atomic E-state index is -4.71. The molecule has 3 N–H and O–H groups in total. The molecule has 1 saturated carbocycles. The van der Waals surface area contributed by atoms with Crippen molar-refractivity contribution in [3.05, 3.63) is 58.0 Å². The van der Waals surface area contributed by atoms with Crippen LogP contribution in [-0.2, 0) is 17.4 Å². The van der Waals surface area contributed by atoms with Crippen LogP contribution in [0.2, 0.25) is 0 Å². The van der Waals surface area contributed by atoms with E-state index in [0.29, 0.717) is 18.2 Å². The number of carbonyl (C=O) groups excluding carboxylic acids is 2. The summed E-state index contributed by atoms with van der Waals surface area (Å²) in [4.78, 5) is 31.9. The predicted octanol–water partition coefficient (Wildman–Crippen LogP) is 4.51. The van der Waals surface area contributed by atoms with Gasteiger partial charge in [-0.3, -0.25) is 14.9 Å². The van der Waals surface area contributed by atoms with Crippen molar-refractivity contribution >= 4 is 34.9 Å². The number of thioether (sulfide) groups is 1. The molecule has 7 nitrogen and oxygen atoms in total. The molecular formula is C23H23F4N5O2S. The fourth-order valence-corrected chi connectivity index (χ4v) is 4.77. The number of benzene rings is 1. The number of nitrogens with zero attached hydrogens (tertiary/aromatic N) is 2.